The summed E-state index contributed by atoms with van der Waals surface area (Å²) in [6, 6.07) is 6.28. The Hall–Kier alpha value is -1.88. The normalized spacial score (nSPS) is 16.8. The third-order valence-corrected chi connectivity index (χ3v) is 3.72. The van der Waals surface area contributed by atoms with Crippen molar-refractivity contribution in [2.75, 3.05) is 11.9 Å². The Morgan fingerprint density at radius 1 is 1.45 bits per heavy atom. The molecule has 20 heavy (non-hydrogen) atoms. The van der Waals surface area contributed by atoms with E-state index in [2.05, 4.69) is 61.5 Å². The molecule has 1 aromatic carbocycles. The van der Waals surface area contributed by atoms with Crippen LogP contribution in [0.4, 0.5) is 5.69 Å². The summed E-state index contributed by atoms with van der Waals surface area (Å²) < 4.78 is 0. The first-order chi connectivity index (χ1) is 9.31. The summed E-state index contributed by atoms with van der Waals surface area (Å²) in [5.74, 6) is 0. The van der Waals surface area contributed by atoms with Crippen molar-refractivity contribution in [2.45, 2.75) is 26.3 Å². The molecule has 0 saturated heterocycles. The molecule has 0 amide bonds. The molecule has 0 unspecified atom stereocenters. The Morgan fingerprint density at radius 3 is 2.80 bits per heavy atom. The fourth-order valence-corrected chi connectivity index (χ4v) is 2.48. The lowest BCUT2D eigenvalue weighted by molar-refractivity contribution is 0.598. The average molecular weight is 288 g/mol. The minimum atomic E-state index is 0.0278. The Bertz CT molecular complexity index is 602. The van der Waals surface area contributed by atoms with E-state index in [0.717, 1.165) is 5.56 Å². The van der Waals surface area contributed by atoms with Crippen LogP contribution in [0.5, 0.6) is 0 Å². The minimum Gasteiger partial charge on any atom is -0.375 e. The number of hydrogen-bond donors (Lipinski definition) is 2. The molecular weight excluding hydrogens is 268 g/mol. The lowest BCUT2D eigenvalue weighted by atomic mass is 9.89. The Labute approximate surface area is 125 Å². The van der Waals surface area contributed by atoms with Gasteiger partial charge in [-0.15, -0.1) is 0 Å². The monoisotopic (exact) mass is 288 g/mol. The maximum absolute atomic E-state index is 5.33. The van der Waals surface area contributed by atoms with Crippen LogP contribution in [-0.4, -0.2) is 23.9 Å². The molecule has 1 aliphatic heterocycles. The molecule has 4 nitrogen and oxygen atoms in total. The Balaban J connectivity index is 2.35. The Kier molecular flexibility index (Phi) is 3.81. The number of nitrogens with one attached hydrogen (secondary N) is 1. The highest BCUT2D eigenvalue weighted by molar-refractivity contribution is 7.80. The van der Waals surface area contributed by atoms with E-state index in [0.29, 0.717) is 0 Å². The number of anilines is 1. The van der Waals surface area contributed by atoms with Gasteiger partial charge in [0.1, 0.15) is 0 Å². The smallest absolute Gasteiger partial charge is 0.184 e. The van der Waals surface area contributed by atoms with Crippen molar-refractivity contribution in [1.82, 2.24) is 5.43 Å². The van der Waals surface area contributed by atoms with Crippen molar-refractivity contribution in [3.8, 4) is 0 Å². The second-order valence-corrected chi connectivity index (χ2v) is 5.99. The zero-order valence-electron chi connectivity index (χ0n) is 12.3. The van der Waals surface area contributed by atoms with Gasteiger partial charge in [0.2, 0.25) is 0 Å². The largest absolute Gasteiger partial charge is 0.375 e. The van der Waals surface area contributed by atoms with Crippen molar-refractivity contribution in [1.29, 1.82) is 0 Å². The van der Waals surface area contributed by atoms with E-state index in [4.69, 9.17) is 18.0 Å². The van der Waals surface area contributed by atoms with Crippen LogP contribution in [0.3, 0.4) is 0 Å². The lowest BCUT2D eigenvalue weighted by Gasteiger charge is -2.40. The summed E-state index contributed by atoms with van der Waals surface area (Å²) in [7, 11) is 2.12. The van der Waals surface area contributed by atoms with Gasteiger partial charge in [-0.25, -0.2) is 0 Å². The number of rotatable bonds is 2. The number of benzene rings is 1. The summed E-state index contributed by atoms with van der Waals surface area (Å²) >= 11 is 4.70. The van der Waals surface area contributed by atoms with Crippen molar-refractivity contribution >= 4 is 34.8 Å². The number of thiocarbonyl (C=S) groups is 1. The SMILES string of the molecule is CC1=CC(C)(C)N(C)c2ccc(C=NNC(N)=S)cc21. The topological polar surface area (TPSA) is 53.6 Å². The van der Waals surface area contributed by atoms with Gasteiger partial charge in [0.25, 0.3) is 0 Å². The molecule has 2 rings (SSSR count). The Morgan fingerprint density at radius 2 is 2.15 bits per heavy atom. The van der Waals surface area contributed by atoms with Crippen molar-refractivity contribution in [3.05, 3.63) is 35.4 Å². The molecule has 1 aromatic rings. The van der Waals surface area contributed by atoms with Gasteiger partial charge in [-0.3, -0.25) is 5.43 Å². The minimum absolute atomic E-state index is 0.0278. The molecule has 0 bridgehead atoms. The van der Waals surface area contributed by atoms with Gasteiger partial charge >= 0.3 is 0 Å². The highest BCUT2D eigenvalue weighted by Crippen LogP contribution is 2.37. The van der Waals surface area contributed by atoms with E-state index >= 15 is 0 Å². The van der Waals surface area contributed by atoms with Gasteiger partial charge < -0.3 is 10.6 Å². The van der Waals surface area contributed by atoms with Crippen molar-refractivity contribution in [3.63, 3.8) is 0 Å². The van der Waals surface area contributed by atoms with Crippen LogP contribution < -0.4 is 16.1 Å². The van der Waals surface area contributed by atoms with Gasteiger partial charge in [-0.2, -0.15) is 5.10 Å². The molecule has 0 atom stereocenters. The van der Waals surface area contributed by atoms with Crippen molar-refractivity contribution in [2.24, 2.45) is 10.8 Å². The van der Waals surface area contributed by atoms with E-state index in [-0.39, 0.29) is 10.7 Å². The zero-order valence-corrected chi connectivity index (χ0v) is 13.1. The number of likely N-dealkylation sites (N-methyl/N-ethyl adjacent to an activating group) is 1. The first kappa shape index (κ1) is 14.5. The number of nitrogens with zero attached hydrogens (tertiary/aromatic N) is 2. The molecule has 0 saturated carbocycles. The van der Waals surface area contributed by atoms with E-state index in [1.54, 1.807) is 6.21 Å². The molecular formula is C15H20N4S. The number of fused-ring (bicyclic) bond motifs is 1. The molecule has 0 spiro atoms. The van der Waals surface area contributed by atoms with Gasteiger partial charge in [0.15, 0.2) is 5.11 Å². The molecule has 5 heteroatoms. The first-order valence-corrected chi connectivity index (χ1v) is 6.88. The predicted octanol–water partition coefficient (Wildman–Crippen LogP) is 2.49. The lowest BCUT2D eigenvalue weighted by Crippen LogP contribution is -2.42. The highest BCUT2D eigenvalue weighted by Gasteiger charge is 2.28. The number of hydrogen-bond acceptors (Lipinski definition) is 3. The number of allylic oxidation sites excluding steroid dienone is 1. The zero-order chi connectivity index (χ0) is 14.9. The molecule has 0 aromatic heterocycles. The second kappa shape index (κ2) is 5.25. The maximum Gasteiger partial charge on any atom is 0.184 e. The van der Waals surface area contributed by atoms with Crippen LogP contribution in [0.15, 0.2) is 29.4 Å². The quantitative estimate of drug-likeness (QED) is 0.499. The first-order valence-electron chi connectivity index (χ1n) is 6.47. The van der Waals surface area contributed by atoms with E-state index in [9.17, 15) is 0 Å². The van der Waals surface area contributed by atoms with E-state index in [1.807, 2.05) is 6.07 Å². The van der Waals surface area contributed by atoms with Gasteiger partial charge in [-0.1, -0.05) is 12.1 Å². The maximum atomic E-state index is 5.33. The highest BCUT2D eigenvalue weighted by atomic mass is 32.1. The van der Waals surface area contributed by atoms with Crippen molar-refractivity contribution < 1.29 is 0 Å². The molecule has 0 aliphatic carbocycles. The fraction of sp³-hybridized carbons (Fsp3) is 0.333. The summed E-state index contributed by atoms with van der Waals surface area (Å²) in [6.45, 7) is 6.56. The summed E-state index contributed by atoms with van der Waals surface area (Å²) in [6.07, 6.45) is 4.00. The van der Waals surface area contributed by atoms with Crippen LogP contribution >= 0.6 is 12.2 Å². The summed E-state index contributed by atoms with van der Waals surface area (Å²) in [5, 5.41) is 4.15. The molecule has 106 valence electrons. The predicted molar refractivity (Wildman–Crippen MR) is 90.1 cm³/mol. The average Bonchev–Trinajstić information content (AvgIpc) is 2.35. The van der Waals surface area contributed by atoms with Crippen LogP contribution in [0.2, 0.25) is 0 Å². The van der Waals surface area contributed by atoms with Gasteiger partial charge in [0.05, 0.1) is 11.8 Å². The van der Waals surface area contributed by atoms with Crippen LogP contribution in [0, 0.1) is 0 Å². The number of nitrogens with two attached hydrogens (primary N) is 1. The van der Waals surface area contributed by atoms with E-state index in [1.165, 1.54) is 16.8 Å². The summed E-state index contributed by atoms with van der Waals surface area (Å²) in [4.78, 5) is 2.28. The molecule has 3 N–H and O–H groups in total. The third-order valence-electron chi connectivity index (χ3n) is 3.63. The molecule has 0 radical (unpaired) electrons. The van der Waals surface area contributed by atoms with Crippen LogP contribution in [0.25, 0.3) is 5.57 Å². The standard InChI is InChI=1S/C15H20N4S/c1-10-8-15(2,3)19(4)13-6-5-11(7-12(10)13)9-17-18-14(16)20/h5-9H,1-4H3,(H3,16,18,20). The van der Waals surface area contributed by atoms with Gasteiger partial charge in [0, 0.05) is 18.3 Å². The number of hydrazone groups is 1. The summed E-state index contributed by atoms with van der Waals surface area (Å²) in [5.41, 5.74) is 12.7. The van der Waals surface area contributed by atoms with E-state index < -0.39 is 0 Å². The van der Waals surface area contributed by atoms with Crippen LogP contribution in [-0.2, 0) is 0 Å². The van der Waals surface area contributed by atoms with Crippen LogP contribution in [0.1, 0.15) is 31.9 Å². The fourth-order valence-electron chi connectivity index (χ4n) is 2.43. The second-order valence-electron chi connectivity index (χ2n) is 5.55. The van der Waals surface area contributed by atoms with Gasteiger partial charge in [-0.05, 0) is 56.3 Å². The molecule has 0 fully saturated rings. The molecule has 1 aliphatic rings. The third kappa shape index (κ3) is 2.82. The molecule has 1 heterocycles.